The van der Waals surface area contributed by atoms with Gasteiger partial charge in [0, 0.05) is 25.7 Å². The maximum absolute atomic E-state index is 13.2. The van der Waals surface area contributed by atoms with Gasteiger partial charge >= 0.3 is 39.5 Å². The number of rotatable bonds is 87. The molecule has 0 aliphatic heterocycles. The molecule has 0 spiro atoms. The van der Waals surface area contributed by atoms with Crippen molar-refractivity contribution in [1.82, 2.24) is 0 Å². The van der Waals surface area contributed by atoms with Gasteiger partial charge in [0.25, 0.3) is 0 Å². The van der Waals surface area contributed by atoms with E-state index in [1.807, 2.05) is 0 Å². The van der Waals surface area contributed by atoms with E-state index in [1.54, 1.807) is 0 Å². The second-order valence-corrected chi connectivity index (χ2v) is 34.4. The summed E-state index contributed by atoms with van der Waals surface area (Å²) in [6.45, 7) is 7.41. The number of carbonyl (C=O) groups excluding carboxylic acids is 4. The van der Waals surface area contributed by atoms with Gasteiger partial charge in [0.05, 0.1) is 26.4 Å². The summed E-state index contributed by atoms with van der Waals surface area (Å²) in [7, 11) is -9.93. The molecule has 0 bridgehead atoms. The second-order valence-electron chi connectivity index (χ2n) is 31.5. The van der Waals surface area contributed by atoms with Crippen molar-refractivity contribution in [2.24, 2.45) is 5.92 Å². The molecule has 3 N–H and O–H groups in total. The Labute approximate surface area is 651 Å². The predicted molar refractivity (Wildman–Crippen MR) is 437 cm³/mol. The van der Waals surface area contributed by atoms with Crippen molar-refractivity contribution in [3.63, 3.8) is 0 Å². The summed E-state index contributed by atoms with van der Waals surface area (Å²) in [5.41, 5.74) is 0. The van der Waals surface area contributed by atoms with Crippen molar-refractivity contribution in [2.75, 3.05) is 39.6 Å². The van der Waals surface area contributed by atoms with E-state index in [4.69, 9.17) is 37.0 Å². The number of esters is 4. The Morgan fingerprint density at radius 3 is 0.670 bits per heavy atom. The van der Waals surface area contributed by atoms with Crippen LogP contribution in [0.1, 0.15) is 471 Å². The molecule has 0 heterocycles. The summed E-state index contributed by atoms with van der Waals surface area (Å²) in [6, 6.07) is 0. The number of unbranched alkanes of at least 4 members (excludes halogenated alkanes) is 58. The Morgan fingerprint density at radius 2 is 0.453 bits per heavy atom. The molecule has 0 saturated carbocycles. The lowest BCUT2D eigenvalue weighted by Gasteiger charge is -2.21. The number of hydrogen-bond donors (Lipinski definition) is 3. The van der Waals surface area contributed by atoms with Crippen LogP contribution in [0.15, 0.2) is 0 Å². The van der Waals surface area contributed by atoms with Crippen molar-refractivity contribution in [2.45, 2.75) is 490 Å². The smallest absolute Gasteiger partial charge is 0.462 e. The third-order valence-electron chi connectivity index (χ3n) is 20.9. The third kappa shape index (κ3) is 78.7. The maximum atomic E-state index is 13.2. The van der Waals surface area contributed by atoms with Crippen LogP contribution >= 0.6 is 15.6 Å². The fraction of sp³-hybridized carbons (Fsp3) is 0.954. The van der Waals surface area contributed by atoms with Gasteiger partial charge in [0.15, 0.2) is 12.2 Å². The molecule has 6 atom stereocenters. The van der Waals surface area contributed by atoms with Gasteiger partial charge in [-0.25, -0.2) is 9.13 Å². The lowest BCUT2D eigenvalue weighted by molar-refractivity contribution is -0.161. The van der Waals surface area contributed by atoms with Gasteiger partial charge in [-0.1, -0.05) is 420 Å². The van der Waals surface area contributed by atoms with Gasteiger partial charge in [0.1, 0.15) is 19.3 Å². The van der Waals surface area contributed by atoms with Crippen LogP contribution in [0.2, 0.25) is 0 Å². The lowest BCUT2D eigenvalue weighted by Crippen LogP contribution is -2.30. The average Bonchev–Trinajstić information content (AvgIpc) is 0.901. The monoisotopic (exact) mass is 1550 g/mol. The summed E-state index contributed by atoms with van der Waals surface area (Å²) in [5.74, 6) is -1.25. The highest BCUT2D eigenvalue weighted by Gasteiger charge is 2.30. The first-order valence-electron chi connectivity index (χ1n) is 45.2. The number of phosphoric ester groups is 2. The minimum atomic E-state index is -4.97. The van der Waals surface area contributed by atoms with E-state index in [9.17, 15) is 43.2 Å². The van der Waals surface area contributed by atoms with Crippen LogP contribution in [0, 0.1) is 5.92 Å². The molecular formula is C87H170O17P2. The molecule has 0 saturated heterocycles. The zero-order valence-electron chi connectivity index (χ0n) is 69.6. The van der Waals surface area contributed by atoms with Crippen molar-refractivity contribution < 1.29 is 80.2 Å². The van der Waals surface area contributed by atoms with Gasteiger partial charge in [-0.05, 0) is 31.6 Å². The quantitative estimate of drug-likeness (QED) is 0.0222. The standard InChI is InChI=1S/C87H170O17P2/c1-6-10-13-16-19-22-24-26-28-30-32-34-36-38-43-47-52-57-62-67-72-87(92)104-83(77-98-85(90)71-66-61-56-51-46-42-37-35-33-31-29-27-25-23-20-17-14-11-7-2)79-102-106(95,96)100-75-81(88)74-99-105(93,94)101-78-82(76-97-84(89)70-65-60-55-49-21-18-15-12-8-3)103-86(91)73-68-63-58-53-48-44-40-39-41-45-50-54-59-64-69-80(5)9-4/h80-83,88H,6-79H2,1-5H3,(H,93,94)(H,95,96)/t80?,81-,82+,83+/m0/s1. The van der Waals surface area contributed by atoms with E-state index in [2.05, 4.69) is 34.6 Å². The molecule has 3 unspecified atom stereocenters. The zero-order valence-corrected chi connectivity index (χ0v) is 71.4. The largest absolute Gasteiger partial charge is 0.472 e. The molecule has 0 rings (SSSR count). The Balaban J connectivity index is 5.21. The summed E-state index contributed by atoms with van der Waals surface area (Å²) in [6.07, 6.45) is 73.6. The van der Waals surface area contributed by atoms with E-state index < -0.39 is 97.5 Å². The Hall–Kier alpha value is -1.94. The molecule has 630 valence electrons. The van der Waals surface area contributed by atoms with Crippen LogP contribution in [-0.2, 0) is 65.4 Å². The average molecular weight is 1550 g/mol. The molecule has 0 fully saturated rings. The maximum Gasteiger partial charge on any atom is 0.472 e. The SMILES string of the molecule is CCCCCCCCCCCCCCCCCCCCCCC(=O)O[C@H](COC(=O)CCCCCCCCCCCCCCCCCCCCC)COP(=O)(O)OC[C@@H](O)COP(=O)(O)OC[C@@H](COC(=O)CCCCCCCCCCC)OC(=O)CCCCCCCCCCCCCCCCC(C)CC. The minimum absolute atomic E-state index is 0.108. The van der Waals surface area contributed by atoms with Crippen LogP contribution in [0.5, 0.6) is 0 Å². The zero-order chi connectivity index (χ0) is 77.6. The number of hydrogen-bond acceptors (Lipinski definition) is 15. The van der Waals surface area contributed by atoms with Crippen molar-refractivity contribution in [3.05, 3.63) is 0 Å². The first-order valence-corrected chi connectivity index (χ1v) is 48.2. The summed E-state index contributed by atoms with van der Waals surface area (Å²) in [5, 5.41) is 10.7. The highest BCUT2D eigenvalue weighted by atomic mass is 31.2. The number of aliphatic hydroxyl groups excluding tert-OH is 1. The van der Waals surface area contributed by atoms with E-state index >= 15 is 0 Å². The molecular weight excluding hydrogens is 1380 g/mol. The molecule has 0 amide bonds. The molecule has 0 aromatic rings. The fourth-order valence-corrected chi connectivity index (χ4v) is 15.2. The first-order chi connectivity index (χ1) is 51.6. The predicted octanol–water partition coefficient (Wildman–Crippen LogP) is 26.8. The highest BCUT2D eigenvalue weighted by Crippen LogP contribution is 2.45. The first kappa shape index (κ1) is 104. The van der Waals surface area contributed by atoms with Crippen molar-refractivity contribution in [1.29, 1.82) is 0 Å². The molecule has 0 radical (unpaired) electrons. The van der Waals surface area contributed by atoms with Crippen LogP contribution in [-0.4, -0.2) is 96.7 Å². The summed E-state index contributed by atoms with van der Waals surface area (Å²) < 4.78 is 68.9. The number of ether oxygens (including phenoxy) is 4. The van der Waals surface area contributed by atoms with Gasteiger partial charge in [-0.15, -0.1) is 0 Å². The molecule has 0 aromatic heterocycles. The van der Waals surface area contributed by atoms with Crippen molar-refractivity contribution >= 4 is 39.5 Å². The van der Waals surface area contributed by atoms with Crippen LogP contribution in [0.25, 0.3) is 0 Å². The highest BCUT2D eigenvalue weighted by molar-refractivity contribution is 7.47. The van der Waals surface area contributed by atoms with E-state index in [0.717, 1.165) is 95.8 Å². The minimum Gasteiger partial charge on any atom is -0.462 e. The third-order valence-corrected chi connectivity index (χ3v) is 22.8. The molecule has 19 heteroatoms. The van der Waals surface area contributed by atoms with E-state index in [0.29, 0.717) is 25.7 Å². The lowest BCUT2D eigenvalue weighted by atomic mass is 9.99. The summed E-state index contributed by atoms with van der Waals surface area (Å²) in [4.78, 5) is 73.2. The van der Waals surface area contributed by atoms with E-state index in [1.165, 1.54) is 295 Å². The Bertz CT molecular complexity index is 2020. The number of aliphatic hydroxyl groups is 1. The molecule has 17 nitrogen and oxygen atoms in total. The van der Waals surface area contributed by atoms with Crippen LogP contribution < -0.4 is 0 Å². The molecule has 106 heavy (non-hydrogen) atoms. The number of carbonyl (C=O) groups is 4. The van der Waals surface area contributed by atoms with Gasteiger partial charge in [-0.3, -0.25) is 37.3 Å². The summed E-state index contributed by atoms with van der Waals surface area (Å²) >= 11 is 0. The van der Waals surface area contributed by atoms with E-state index in [-0.39, 0.29) is 25.7 Å². The van der Waals surface area contributed by atoms with Crippen LogP contribution in [0.4, 0.5) is 0 Å². The van der Waals surface area contributed by atoms with Crippen LogP contribution in [0.3, 0.4) is 0 Å². The van der Waals surface area contributed by atoms with Gasteiger partial charge < -0.3 is 33.8 Å². The normalized spacial score (nSPS) is 14.0. The fourth-order valence-electron chi connectivity index (χ4n) is 13.6. The van der Waals surface area contributed by atoms with Gasteiger partial charge in [-0.2, -0.15) is 0 Å². The molecule has 0 aromatic carbocycles. The topological polar surface area (TPSA) is 237 Å². The van der Waals surface area contributed by atoms with Gasteiger partial charge in [0.2, 0.25) is 0 Å². The Morgan fingerprint density at radius 1 is 0.264 bits per heavy atom. The second kappa shape index (κ2) is 79.7. The Kier molecular flexibility index (Phi) is 78.2. The molecule has 0 aliphatic carbocycles. The molecule has 0 aliphatic rings. The van der Waals surface area contributed by atoms with Crippen molar-refractivity contribution in [3.8, 4) is 0 Å². The number of phosphoric acid groups is 2.